The Morgan fingerprint density at radius 1 is 1.29 bits per heavy atom. The van der Waals surface area contributed by atoms with Gasteiger partial charge in [-0.1, -0.05) is 25.1 Å². The third-order valence-electron chi connectivity index (χ3n) is 2.26. The number of amides is 1. The Morgan fingerprint density at radius 2 is 2.00 bits per heavy atom. The minimum atomic E-state index is -0.0822. The van der Waals surface area contributed by atoms with Crippen LogP contribution in [0.5, 0.6) is 0 Å². The Hall–Kier alpha value is -1.55. The normalized spacial score (nSPS) is 10.0. The van der Waals surface area contributed by atoms with Gasteiger partial charge in [-0.05, 0) is 25.5 Å². The molecule has 94 valence electrons. The number of anilines is 1. The third kappa shape index (κ3) is 4.87. The van der Waals surface area contributed by atoms with Crippen LogP contribution >= 0.6 is 0 Å². The second-order valence-electron chi connectivity index (χ2n) is 3.65. The molecule has 0 aromatic heterocycles. The molecule has 0 atom stereocenters. The van der Waals surface area contributed by atoms with E-state index in [4.69, 9.17) is 4.84 Å². The number of nitrogens with zero attached hydrogens (tertiary/aromatic N) is 1. The topological polar surface area (TPSA) is 41.6 Å². The Labute approximate surface area is 103 Å². The lowest BCUT2D eigenvalue weighted by Gasteiger charge is -2.21. The van der Waals surface area contributed by atoms with E-state index in [2.05, 4.69) is 5.32 Å². The molecule has 1 aromatic rings. The van der Waals surface area contributed by atoms with Gasteiger partial charge in [0, 0.05) is 13.1 Å². The van der Waals surface area contributed by atoms with Crippen LogP contribution in [0.25, 0.3) is 0 Å². The Kier molecular flexibility index (Phi) is 6.10. The molecule has 0 unspecified atom stereocenters. The van der Waals surface area contributed by atoms with Gasteiger partial charge in [0.2, 0.25) is 5.91 Å². The molecule has 1 rings (SSSR count). The van der Waals surface area contributed by atoms with Crippen molar-refractivity contribution in [3.8, 4) is 0 Å². The van der Waals surface area contributed by atoms with Crippen molar-refractivity contribution in [1.82, 2.24) is 5.32 Å². The van der Waals surface area contributed by atoms with E-state index in [1.54, 1.807) is 5.06 Å². The number of para-hydroxylation sites is 1. The highest BCUT2D eigenvalue weighted by Crippen LogP contribution is 2.12. The van der Waals surface area contributed by atoms with E-state index in [1.165, 1.54) is 0 Å². The molecule has 0 spiro atoms. The van der Waals surface area contributed by atoms with Crippen LogP contribution in [0.1, 0.15) is 20.3 Å². The highest BCUT2D eigenvalue weighted by Gasteiger charge is 2.07. The van der Waals surface area contributed by atoms with Gasteiger partial charge in [0.05, 0.1) is 5.69 Å². The number of carbonyl (C=O) groups excluding carboxylic acids is 1. The zero-order valence-corrected chi connectivity index (χ0v) is 10.5. The lowest BCUT2D eigenvalue weighted by atomic mass is 10.3. The lowest BCUT2D eigenvalue weighted by molar-refractivity contribution is -0.126. The maximum absolute atomic E-state index is 11.4. The van der Waals surface area contributed by atoms with Gasteiger partial charge in [0.25, 0.3) is 0 Å². The number of nitrogens with one attached hydrogen (secondary N) is 1. The summed E-state index contributed by atoms with van der Waals surface area (Å²) < 4.78 is 0. The van der Waals surface area contributed by atoms with E-state index in [1.807, 2.05) is 44.2 Å². The average Bonchev–Trinajstić information content (AvgIpc) is 2.38. The fourth-order valence-corrected chi connectivity index (χ4v) is 1.39. The van der Waals surface area contributed by atoms with Crippen molar-refractivity contribution in [3.63, 3.8) is 0 Å². The summed E-state index contributed by atoms with van der Waals surface area (Å²) in [6.45, 7) is 5.45. The van der Waals surface area contributed by atoms with E-state index in [-0.39, 0.29) is 12.5 Å². The zero-order chi connectivity index (χ0) is 12.5. The number of carbonyl (C=O) groups is 1. The van der Waals surface area contributed by atoms with Crippen molar-refractivity contribution < 1.29 is 9.63 Å². The van der Waals surface area contributed by atoms with Crippen LogP contribution in [0, 0.1) is 0 Å². The molecule has 0 fully saturated rings. The van der Waals surface area contributed by atoms with E-state index >= 15 is 0 Å². The number of hydrogen-bond acceptors (Lipinski definition) is 3. The minimum absolute atomic E-state index is 0.0583. The number of benzene rings is 1. The first-order valence-electron chi connectivity index (χ1n) is 6.00. The maximum atomic E-state index is 11.4. The predicted molar refractivity (Wildman–Crippen MR) is 68.7 cm³/mol. The predicted octanol–water partition coefficient (Wildman–Crippen LogP) is 1.97. The molecule has 0 aliphatic carbocycles. The summed E-state index contributed by atoms with van der Waals surface area (Å²) in [7, 11) is 0. The van der Waals surface area contributed by atoms with Gasteiger partial charge in [0.15, 0.2) is 6.61 Å². The average molecular weight is 236 g/mol. The van der Waals surface area contributed by atoms with Crippen LogP contribution in [-0.2, 0) is 9.63 Å². The summed E-state index contributed by atoms with van der Waals surface area (Å²) >= 11 is 0. The fourth-order valence-electron chi connectivity index (χ4n) is 1.39. The molecular weight excluding hydrogens is 216 g/mol. The molecule has 0 radical (unpaired) electrons. The largest absolute Gasteiger partial charge is 0.354 e. The fraction of sp³-hybridized carbons (Fsp3) is 0.462. The monoisotopic (exact) mass is 236 g/mol. The van der Waals surface area contributed by atoms with Crippen LogP contribution in [0.2, 0.25) is 0 Å². The number of hydroxylamine groups is 1. The van der Waals surface area contributed by atoms with Crippen molar-refractivity contribution in [2.45, 2.75) is 20.3 Å². The minimum Gasteiger partial charge on any atom is -0.354 e. The van der Waals surface area contributed by atoms with E-state index in [9.17, 15) is 4.79 Å². The molecule has 1 aromatic carbocycles. The standard InChI is InChI=1S/C13H20N2O2/c1-3-10-14-13(16)11-17-15(4-2)12-8-6-5-7-9-12/h5-9H,3-4,10-11H2,1-2H3,(H,14,16). The molecule has 4 heteroatoms. The summed E-state index contributed by atoms with van der Waals surface area (Å²) in [4.78, 5) is 16.8. The lowest BCUT2D eigenvalue weighted by Crippen LogP contribution is -2.33. The Balaban J connectivity index is 2.40. The molecule has 1 N–H and O–H groups in total. The molecule has 0 aliphatic rings. The maximum Gasteiger partial charge on any atom is 0.248 e. The smallest absolute Gasteiger partial charge is 0.248 e. The first-order valence-corrected chi connectivity index (χ1v) is 6.00. The summed E-state index contributed by atoms with van der Waals surface area (Å²) in [5, 5.41) is 4.49. The third-order valence-corrected chi connectivity index (χ3v) is 2.26. The van der Waals surface area contributed by atoms with E-state index in [0.717, 1.165) is 12.1 Å². The molecule has 17 heavy (non-hydrogen) atoms. The first kappa shape index (κ1) is 13.5. The van der Waals surface area contributed by atoms with Crippen molar-refractivity contribution >= 4 is 11.6 Å². The van der Waals surface area contributed by atoms with Gasteiger partial charge < -0.3 is 5.32 Å². The summed E-state index contributed by atoms with van der Waals surface area (Å²) in [5.41, 5.74) is 0.957. The second kappa shape index (κ2) is 7.68. The van der Waals surface area contributed by atoms with Crippen LogP contribution in [0.3, 0.4) is 0 Å². The summed E-state index contributed by atoms with van der Waals surface area (Å²) in [6.07, 6.45) is 0.932. The number of hydrogen-bond donors (Lipinski definition) is 1. The van der Waals surface area contributed by atoms with E-state index < -0.39 is 0 Å². The molecule has 0 heterocycles. The molecule has 0 aliphatic heterocycles. The highest BCUT2D eigenvalue weighted by molar-refractivity contribution is 5.77. The SMILES string of the molecule is CCCNC(=O)CON(CC)c1ccccc1. The van der Waals surface area contributed by atoms with Gasteiger partial charge in [-0.25, -0.2) is 0 Å². The van der Waals surface area contributed by atoms with Gasteiger partial charge in [-0.2, -0.15) is 0 Å². The molecule has 0 saturated carbocycles. The Bertz CT molecular complexity index is 327. The first-order chi connectivity index (χ1) is 8.27. The van der Waals surface area contributed by atoms with Crippen LogP contribution in [0.15, 0.2) is 30.3 Å². The van der Waals surface area contributed by atoms with E-state index in [0.29, 0.717) is 13.1 Å². The molecular formula is C13H20N2O2. The quantitative estimate of drug-likeness (QED) is 0.736. The highest BCUT2D eigenvalue weighted by atomic mass is 16.7. The van der Waals surface area contributed by atoms with Gasteiger partial charge in [-0.3, -0.25) is 14.7 Å². The van der Waals surface area contributed by atoms with Crippen molar-refractivity contribution in [1.29, 1.82) is 0 Å². The van der Waals surface area contributed by atoms with Gasteiger partial charge in [0.1, 0.15) is 0 Å². The van der Waals surface area contributed by atoms with Crippen LogP contribution in [0.4, 0.5) is 5.69 Å². The van der Waals surface area contributed by atoms with Crippen molar-refractivity contribution in [2.75, 3.05) is 24.8 Å². The molecule has 0 bridgehead atoms. The molecule has 0 saturated heterocycles. The Morgan fingerprint density at radius 3 is 2.59 bits per heavy atom. The van der Waals surface area contributed by atoms with Crippen LogP contribution < -0.4 is 10.4 Å². The molecule has 1 amide bonds. The van der Waals surface area contributed by atoms with Crippen molar-refractivity contribution in [3.05, 3.63) is 30.3 Å². The zero-order valence-electron chi connectivity index (χ0n) is 10.5. The summed E-state index contributed by atoms with van der Waals surface area (Å²) in [6, 6.07) is 9.74. The second-order valence-corrected chi connectivity index (χ2v) is 3.65. The number of rotatable bonds is 7. The van der Waals surface area contributed by atoms with Crippen molar-refractivity contribution in [2.24, 2.45) is 0 Å². The van der Waals surface area contributed by atoms with Crippen LogP contribution in [-0.4, -0.2) is 25.6 Å². The molecule has 4 nitrogen and oxygen atoms in total. The van der Waals surface area contributed by atoms with Gasteiger partial charge in [-0.15, -0.1) is 0 Å². The summed E-state index contributed by atoms with van der Waals surface area (Å²) in [5.74, 6) is -0.0822. The van der Waals surface area contributed by atoms with Gasteiger partial charge >= 0.3 is 0 Å².